The molecule has 0 bridgehead atoms. The number of nitrogens with zero attached hydrogens (tertiary/aromatic N) is 2. The van der Waals surface area contributed by atoms with Crippen LogP contribution in [-0.2, 0) is 6.18 Å². The van der Waals surface area contributed by atoms with Crippen LogP contribution in [0.2, 0.25) is 10.0 Å². The molecule has 1 aliphatic heterocycles. The molecular formula is C28H22Cl2F3N3O4. The molecule has 0 saturated carbocycles. The van der Waals surface area contributed by atoms with E-state index in [-0.39, 0.29) is 33.5 Å². The molecule has 0 spiro atoms. The number of piperidine rings is 1. The molecule has 1 aromatic heterocycles. The van der Waals surface area contributed by atoms with Gasteiger partial charge in [-0.25, -0.2) is 4.79 Å². The predicted octanol–water partition coefficient (Wildman–Crippen LogP) is 6.79. The summed E-state index contributed by atoms with van der Waals surface area (Å²) in [5, 5.41) is 17.5. The van der Waals surface area contributed by atoms with Crippen LogP contribution in [0, 0.1) is 5.92 Å². The van der Waals surface area contributed by atoms with Gasteiger partial charge in [-0.05, 0) is 67.9 Å². The maximum absolute atomic E-state index is 13.8. The highest BCUT2D eigenvalue weighted by Crippen LogP contribution is 2.39. The number of carbonyl (C=O) groups is 2. The number of aromatic carboxylic acids is 1. The van der Waals surface area contributed by atoms with Gasteiger partial charge in [-0.1, -0.05) is 29.3 Å². The van der Waals surface area contributed by atoms with Crippen LogP contribution in [0.25, 0.3) is 22.2 Å². The largest absolute Gasteiger partial charge is 0.493 e. The Labute approximate surface area is 236 Å². The van der Waals surface area contributed by atoms with Crippen LogP contribution in [0.15, 0.2) is 54.6 Å². The minimum atomic E-state index is -4.84. The lowest BCUT2D eigenvalue weighted by molar-refractivity contribution is -0.137. The van der Waals surface area contributed by atoms with Crippen molar-refractivity contribution in [1.82, 2.24) is 15.1 Å². The van der Waals surface area contributed by atoms with Gasteiger partial charge in [0, 0.05) is 28.4 Å². The zero-order valence-electron chi connectivity index (χ0n) is 20.8. The SMILES string of the molecule is O=C(O)c1ccc(-c2nn(C(=O)c3c(Cl)cccc3C(F)(F)F)c3ccc(Cl)cc23)c(OC[C@@H]2CCCNC2)c1. The molecular weight excluding hydrogens is 570 g/mol. The number of carboxylic acid groups (broad SMARTS) is 1. The van der Waals surface area contributed by atoms with Crippen molar-refractivity contribution in [1.29, 1.82) is 0 Å². The summed E-state index contributed by atoms with van der Waals surface area (Å²) in [7, 11) is 0. The highest BCUT2D eigenvalue weighted by atomic mass is 35.5. The number of benzene rings is 3. The molecule has 2 N–H and O–H groups in total. The van der Waals surface area contributed by atoms with Crippen molar-refractivity contribution in [3.05, 3.63) is 81.3 Å². The van der Waals surface area contributed by atoms with E-state index < -0.39 is 29.2 Å². The fraction of sp³-hybridized carbons (Fsp3) is 0.250. The normalized spacial score (nSPS) is 15.8. The Hall–Kier alpha value is -3.60. The minimum Gasteiger partial charge on any atom is -0.493 e. The standard InChI is InChI=1S/C28H22Cl2F3N3O4/c29-17-7-9-22-19(12-17)25(35-36(22)26(37)24-20(28(31,32)33)4-1-5-21(24)30)18-8-6-16(27(38)39)11-23(18)40-14-15-3-2-10-34-13-15/h1,4-9,11-12,15,34H,2-3,10,13-14H2,(H,38,39)/t15-/m1/s1. The lowest BCUT2D eigenvalue weighted by atomic mass is 10.0. The maximum atomic E-state index is 13.8. The van der Waals surface area contributed by atoms with E-state index in [1.54, 1.807) is 0 Å². The summed E-state index contributed by atoms with van der Waals surface area (Å²) in [6, 6.07) is 11.8. The molecule has 3 aromatic carbocycles. The molecule has 40 heavy (non-hydrogen) atoms. The Morgan fingerprint density at radius 1 is 1.12 bits per heavy atom. The van der Waals surface area contributed by atoms with Gasteiger partial charge in [-0.3, -0.25) is 4.79 Å². The monoisotopic (exact) mass is 591 g/mol. The highest BCUT2D eigenvalue weighted by Gasteiger charge is 2.37. The molecule has 1 aliphatic rings. The molecule has 208 valence electrons. The second-order valence-corrected chi connectivity index (χ2v) is 10.3. The van der Waals surface area contributed by atoms with E-state index in [1.807, 2.05) is 0 Å². The molecule has 2 heterocycles. The third-order valence-electron chi connectivity index (χ3n) is 6.72. The summed E-state index contributed by atoms with van der Waals surface area (Å²) in [4.78, 5) is 25.3. The number of ether oxygens (including phenoxy) is 1. The van der Waals surface area contributed by atoms with E-state index in [4.69, 9.17) is 27.9 Å². The van der Waals surface area contributed by atoms with Crippen LogP contribution >= 0.6 is 23.2 Å². The molecule has 5 rings (SSSR count). The minimum absolute atomic E-state index is 0.0238. The average Bonchev–Trinajstić information content (AvgIpc) is 3.29. The van der Waals surface area contributed by atoms with Crippen LogP contribution in [0.3, 0.4) is 0 Å². The van der Waals surface area contributed by atoms with Crippen molar-refractivity contribution in [3.8, 4) is 17.0 Å². The summed E-state index contributed by atoms with van der Waals surface area (Å²) >= 11 is 12.4. The van der Waals surface area contributed by atoms with Gasteiger partial charge < -0.3 is 15.2 Å². The fourth-order valence-corrected chi connectivity index (χ4v) is 5.20. The Bertz CT molecular complexity index is 1610. The number of halogens is 5. The second-order valence-electron chi connectivity index (χ2n) is 9.43. The fourth-order valence-electron chi connectivity index (χ4n) is 4.77. The van der Waals surface area contributed by atoms with Crippen molar-refractivity contribution in [2.45, 2.75) is 19.0 Å². The van der Waals surface area contributed by atoms with Gasteiger partial charge in [0.05, 0.1) is 33.8 Å². The Morgan fingerprint density at radius 2 is 1.93 bits per heavy atom. The van der Waals surface area contributed by atoms with Crippen LogP contribution in [0.5, 0.6) is 5.75 Å². The van der Waals surface area contributed by atoms with Crippen LogP contribution in [0.1, 0.15) is 39.1 Å². The Morgan fingerprint density at radius 3 is 2.62 bits per heavy atom. The first-order chi connectivity index (χ1) is 19.0. The molecule has 0 amide bonds. The first-order valence-electron chi connectivity index (χ1n) is 12.3. The van der Waals surface area contributed by atoms with Crippen LogP contribution in [0.4, 0.5) is 13.2 Å². The number of aromatic nitrogens is 2. The Kier molecular flexibility index (Phi) is 7.76. The van der Waals surface area contributed by atoms with Gasteiger partial charge in [0.1, 0.15) is 11.4 Å². The van der Waals surface area contributed by atoms with E-state index in [2.05, 4.69) is 10.4 Å². The van der Waals surface area contributed by atoms with Crippen LogP contribution in [-0.4, -0.2) is 46.5 Å². The predicted molar refractivity (Wildman–Crippen MR) is 144 cm³/mol. The maximum Gasteiger partial charge on any atom is 0.417 e. The molecule has 1 atom stereocenters. The number of hydrogen-bond acceptors (Lipinski definition) is 5. The summed E-state index contributed by atoms with van der Waals surface area (Å²) < 4.78 is 48.4. The van der Waals surface area contributed by atoms with E-state index >= 15 is 0 Å². The van der Waals surface area contributed by atoms with Crippen molar-refractivity contribution in [2.75, 3.05) is 19.7 Å². The van der Waals surface area contributed by atoms with Gasteiger partial charge in [0.2, 0.25) is 0 Å². The number of hydrogen-bond donors (Lipinski definition) is 2. The van der Waals surface area contributed by atoms with E-state index in [0.717, 1.165) is 42.7 Å². The third-order valence-corrected chi connectivity index (χ3v) is 7.27. The summed E-state index contributed by atoms with van der Waals surface area (Å²) in [6.45, 7) is 1.96. The zero-order valence-corrected chi connectivity index (χ0v) is 22.3. The first-order valence-corrected chi connectivity index (χ1v) is 13.1. The van der Waals surface area contributed by atoms with Gasteiger partial charge in [0.15, 0.2) is 0 Å². The van der Waals surface area contributed by atoms with Crippen LogP contribution < -0.4 is 10.1 Å². The molecule has 7 nitrogen and oxygen atoms in total. The second kappa shape index (κ2) is 11.1. The van der Waals surface area contributed by atoms with Crippen molar-refractivity contribution < 1.29 is 32.6 Å². The molecule has 4 aromatic rings. The van der Waals surface area contributed by atoms with Crippen molar-refractivity contribution in [2.24, 2.45) is 5.92 Å². The number of rotatable bonds is 6. The number of carboxylic acids is 1. The first kappa shape index (κ1) is 27.9. The van der Waals surface area contributed by atoms with E-state index in [1.165, 1.54) is 42.5 Å². The molecule has 1 fully saturated rings. The number of carbonyl (C=O) groups excluding carboxylic acids is 1. The number of alkyl halides is 3. The lowest BCUT2D eigenvalue weighted by Crippen LogP contribution is -2.33. The highest BCUT2D eigenvalue weighted by molar-refractivity contribution is 6.34. The van der Waals surface area contributed by atoms with Gasteiger partial charge in [0.25, 0.3) is 5.91 Å². The summed E-state index contributed by atoms with van der Waals surface area (Å²) in [5.74, 6) is -1.85. The zero-order chi connectivity index (χ0) is 28.6. The van der Waals surface area contributed by atoms with Gasteiger partial charge in [-0.15, -0.1) is 0 Å². The van der Waals surface area contributed by atoms with E-state index in [9.17, 15) is 27.9 Å². The average molecular weight is 592 g/mol. The van der Waals surface area contributed by atoms with E-state index in [0.29, 0.717) is 22.6 Å². The number of nitrogens with one attached hydrogen (secondary N) is 1. The molecule has 0 radical (unpaired) electrons. The Balaban J connectivity index is 1.66. The van der Waals surface area contributed by atoms with Gasteiger partial charge >= 0.3 is 12.1 Å². The van der Waals surface area contributed by atoms with Crippen molar-refractivity contribution >= 4 is 46.0 Å². The lowest BCUT2D eigenvalue weighted by Gasteiger charge is -2.23. The number of fused-ring (bicyclic) bond motifs is 1. The topological polar surface area (TPSA) is 93.5 Å². The smallest absolute Gasteiger partial charge is 0.417 e. The molecule has 0 aliphatic carbocycles. The molecule has 12 heteroatoms. The van der Waals surface area contributed by atoms with Gasteiger partial charge in [-0.2, -0.15) is 23.0 Å². The summed E-state index contributed by atoms with van der Waals surface area (Å²) in [6.07, 6.45) is -2.93. The molecule has 1 saturated heterocycles. The third kappa shape index (κ3) is 5.52. The molecule has 0 unspecified atom stereocenters. The summed E-state index contributed by atoms with van der Waals surface area (Å²) in [5.41, 5.74) is -1.25. The quantitative estimate of drug-likeness (QED) is 0.256. The van der Waals surface area contributed by atoms with Crippen molar-refractivity contribution in [3.63, 3.8) is 0 Å².